The molecule has 0 aromatic heterocycles. The maximum atomic E-state index is 13.4. The molecular weight excluding hydrogens is 375 g/mol. The number of hydrogen-bond acceptors (Lipinski definition) is 1. The van der Waals surface area contributed by atoms with Gasteiger partial charge in [-0.15, -0.1) is 0 Å². The molecule has 0 heterocycles. The molecule has 1 aromatic carbocycles. The molecule has 0 radical (unpaired) electrons. The second-order valence-corrected chi connectivity index (χ2v) is 6.89. The molecule has 1 aromatic rings. The minimum Gasteiger partial charge on any atom is -0.376 e. The summed E-state index contributed by atoms with van der Waals surface area (Å²) < 4.78 is 19.2. The normalized spacial score (nSPS) is 12.7. The molecule has 4 heteroatoms. The van der Waals surface area contributed by atoms with Crippen LogP contribution >= 0.6 is 31.9 Å². The van der Waals surface area contributed by atoms with Crippen molar-refractivity contribution in [1.82, 2.24) is 0 Å². The van der Waals surface area contributed by atoms with E-state index in [0.29, 0.717) is 6.61 Å². The number of ether oxygens (including phenoxy) is 1. The summed E-state index contributed by atoms with van der Waals surface area (Å²) in [5, 5.41) is 1.53. The first kappa shape index (κ1) is 17.1. The summed E-state index contributed by atoms with van der Waals surface area (Å²) >= 11 is 7.13. The quantitative estimate of drug-likeness (QED) is 0.611. The van der Waals surface area contributed by atoms with Crippen LogP contribution in [0.1, 0.15) is 32.8 Å². The Bertz CT molecular complexity index is 397. The summed E-state index contributed by atoms with van der Waals surface area (Å²) in [6, 6.07) is 6.82. The van der Waals surface area contributed by atoms with Crippen molar-refractivity contribution < 1.29 is 9.13 Å². The van der Waals surface area contributed by atoms with E-state index in [4.69, 9.17) is 4.74 Å². The molecule has 0 spiro atoms. The second kappa shape index (κ2) is 7.19. The number of hydrogen-bond donors (Lipinski definition) is 0. The lowest BCUT2D eigenvalue weighted by molar-refractivity contribution is -0.00941. The molecule has 0 aliphatic carbocycles. The number of rotatable bonds is 6. The van der Waals surface area contributed by atoms with Crippen LogP contribution in [0.25, 0.3) is 0 Å². The van der Waals surface area contributed by atoms with Crippen LogP contribution in [-0.2, 0) is 10.2 Å². The van der Waals surface area contributed by atoms with Crippen molar-refractivity contribution in [3.63, 3.8) is 0 Å². The zero-order chi connectivity index (χ0) is 14.5. The van der Waals surface area contributed by atoms with Crippen LogP contribution in [0.4, 0.5) is 4.39 Å². The Kier molecular flexibility index (Phi) is 6.48. The minimum absolute atomic E-state index is 0.145. The van der Waals surface area contributed by atoms with E-state index in [9.17, 15) is 4.39 Å². The van der Waals surface area contributed by atoms with E-state index < -0.39 is 0 Å². The fourth-order valence-electron chi connectivity index (χ4n) is 1.84. The van der Waals surface area contributed by atoms with E-state index in [-0.39, 0.29) is 16.8 Å². The molecule has 1 rings (SSSR count). The molecule has 0 atom stereocenters. The van der Waals surface area contributed by atoms with Gasteiger partial charge in [0.2, 0.25) is 0 Å². The van der Waals surface area contributed by atoms with Gasteiger partial charge in [-0.25, -0.2) is 4.39 Å². The molecule has 19 heavy (non-hydrogen) atoms. The Labute approximate surface area is 132 Å². The van der Waals surface area contributed by atoms with Crippen LogP contribution < -0.4 is 0 Å². The Morgan fingerprint density at radius 1 is 1.16 bits per heavy atom. The molecule has 0 aliphatic rings. The van der Waals surface area contributed by atoms with Crippen molar-refractivity contribution in [2.75, 3.05) is 17.3 Å². The molecule has 0 fully saturated rings. The summed E-state index contributed by atoms with van der Waals surface area (Å²) in [4.78, 5) is 0. The summed E-state index contributed by atoms with van der Waals surface area (Å²) in [7, 11) is 0. The standard InChI is InChI=1S/C15H21Br2FO/c1-14(2,3)19-8-7-15(10-16,11-17)12-5-4-6-13(18)9-12/h4-6,9H,7-8,10-11H2,1-3H3. The summed E-state index contributed by atoms with van der Waals surface area (Å²) in [5.74, 6) is -0.194. The smallest absolute Gasteiger partial charge is 0.123 e. The van der Waals surface area contributed by atoms with Gasteiger partial charge in [-0.3, -0.25) is 0 Å². The molecule has 0 saturated heterocycles. The fraction of sp³-hybridized carbons (Fsp3) is 0.600. The zero-order valence-electron chi connectivity index (χ0n) is 11.7. The number of alkyl halides is 2. The molecule has 0 N–H and O–H groups in total. The Balaban J connectivity index is 2.85. The first-order valence-electron chi connectivity index (χ1n) is 6.35. The third-order valence-corrected chi connectivity index (χ3v) is 5.21. The first-order valence-corrected chi connectivity index (χ1v) is 8.59. The molecule has 1 nitrogen and oxygen atoms in total. The van der Waals surface area contributed by atoms with Crippen molar-refractivity contribution in [2.45, 2.75) is 38.2 Å². The highest BCUT2D eigenvalue weighted by molar-refractivity contribution is 9.09. The van der Waals surface area contributed by atoms with Crippen molar-refractivity contribution in [1.29, 1.82) is 0 Å². The molecule has 108 valence electrons. The van der Waals surface area contributed by atoms with E-state index >= 15 is 0 Å². The zero-order valence-corrected chi connectivity index (χ0v) is 14.9. The third kappa shape index (κ3) is 5.16. The molecular formula is C15H21Br2FO. The SMILES string of the molecule is CC(C)(C)OCCC(CBr)(CBr)c1cccc(F)c1. The van der Waals surface area contributed by atoms with Gasteiger partial charge in [0, 0.05) is 22.7 Å². The van der Waals surface area contributed by atoms with E-state index in [1.807, 2.05) is 26.8 Å². The van der Waals surface area contributed by atoms with E-state index in [2.05, 4.69) is 31.9 Å². The predicted octanol–water partition coefficient (Wildman–Crippen LogP) is 5.06. The summed E-state index contributed by atoms with van der Waals surface area (Å²) in [6.45, 7) is 6.77. The van der Waals surface area contributed by atoms with Crippen LogP contribution in [0, 0.1) is 5.82 Å². The molecule has 0 aliphatic heterocycles. The number of benzene rings is 1. The monoisotopic (exact) mass is 394 g/mol. The summed E-state index contributed by atoms with van der Waals surface area (Å²) in [6.07, 6.45) is 0.838. The van der Waals surface area contributed by atoms with Gasteiger partial charge >= 0.3 is 0 Å². The topological polar surface area (TPSA) is 9.23 Å². The van der Waals surface area contributed by atoms with Crippen LogP contribution in [0.2, 0.25) is 0 Å². The molecule has 0 bridgehead atoms. The maximum Gasteiger partial charge on any atom is 0.123 e. The van der Waals surface area contributed by atoms with E-state index in [0.717, 1.165) is 22.6 Å². The lowest BCUT2D eigenvalue weighted by atomic mass is 9.81. The van der Waals surface area contributed by atoms with Gasteiger partial charge in [0.05, 0.1) is 5.60 Å². The van der Waals surface area contributed by atoms with Crippen molar-refractivity contribution in [3.8, 4) is 0 Å². The van der Waals surface area contributed by atoms with Gasteiger partial charge in [0.15, 0.2) is 0 Å². The summed E-state index contributed by atoms with van der Waals surface area (Å²) in [5.41, 5.74) is 0.707. The fourth-order valence-corrected chi connectivity index (χ4v) is 3.98. The molecule has 0 unspecified atom stereocenters. The van der Waals surface area contributed by atoms with Gasteiger partial charge < -0.3 is 4.74 Å². The van der Waals surface area contributed by atoms with Gasteiger partial charge in [0.25, 0.3) is 0 Å². The highest BCUT2D eigenvalue weighted by Crippen LogP contribution is 2.33. The van der Waals surface area contributed by atoms with E-state index in [1.54, 1.807) is 12.1 Å². The van der Waals surface area contributed by atoms with E-state index in [1.165, 1.54) is 6.07 Å². The van der Waals surface area contributed by atoms with Crippen molar-refractivity contribution in [2.24, 2.45) is 0 Å². The lowest BCUT2D eigenvalue weighted by Crippen LogP contribution is -2.33. The average Bonchev–Trinajstić information content (AvgIpc) is 2.34. The van der Waals surface area contributed by atoms with Crippen LogP contribution in [0.3, 0.4) is 0 Å². The molecule has 0 saturated carbocycles. The Hall–Kier alpha value is 0.0700. The average molecular weight is 396 g/mol. The third-order valence-electron chi connectivity index (χ3n) is 3.06. The number of halogens is 3. The largest absolute Gasteiger partial charge is 0.376 e. The van der Waals surface area contributed by atoms with Crippen molar-refractivity contribution in [3.05, 3.63) is 35.6 Å². The van der Waals surface area contributed by atoms with Gasteiger partial charge in [0.1, 0.15) is 5.82 Å². The maximum absolute atomic E-state index is 13.4. The van der Waals surface area contributed by atoms with Gasteiger partial charge in [-0.2, -0.15) is 0 Å². The Morgan fingerprint density at radius 3 is 2.26 bits per heavy atom. The predicted molar refractivity (Wildman–Crippen MR) is 86.0 cm³/mol. The Morgan fingerprint density at radius 2 is 1.79 bits per heavy atom. The highest BCUT2D eigenvalue weighted by Gasteiger charge is 2.30. The van der Waals surface area contributed by atoms with Crippen LogP contribution in [0.5, 0.6) is 0 Å². The molecule has 0 amide bonds. The highest BCUT2D eigenvalue weighted by atomic mass is 79.9. The van der Waals surface area contributed by atoms with Gasteiger partial charge in [-0.05, 0) is 44.9 Å². The lowest BCUT2D eigenvalue weighted by Gasteiger charge is -2.32. The van der Waals surface area contributed by atoms with Gasteiger partial charge in [-0.1, -0.05) is 44.0 Å². The van der Waals surface area contributed by atoms with Crippen LogP contribution in [-0.4, -0.2) is 22.9 Å². The first-order chi connectivity index (χ1) is 8.83. The second-order valence-electron chi connectivity index (χ2n) is 5.77. The van der Waals surface area contributed by atoms with Crippen LogP contribution in [0.15, 0.2) is 24.3 Å². The minimum atomic E-state index is -0.194. The van der Waals surface area contributed by atoms with Crippen molar-refractivity contribution >= 4 is 31.9 Å².